The molecule has 17 heavy (non-hydrogen) atoms. The minimum Gasteiger partial charge on any atom is -0.271 e. The average molecular weight is 257 g/mol. The maximum Gasteiger partial charge on any atom is 0.0778 e. The number of aromatic nitrogens is 3. The number of nitrogens with two attached hydrogens (primary N) is 1. The smallest absolute Gasteiger partial charge is 0.0778 e. The summed E-state index contributed by atoms with van der Waals surface area (Å²) in [6, 6.07) is 0.125. The highest BCUT2D eigenvalue weighted by atomic mass is 32.2. The molecule has 0 aliphatic carbocycles. The summed E-state index contributed by atoms with van der Waals surface area (Å²) in [7, 11) is 0. The van der Waals surface area contributed by atoms with E-state index in [0.29, 0.717) is 5.92 Å². The quantitative estimate of drug-likeness (QED) is 0.546. The van der Waals surface area contributed by atoms with Gasteiger partial charge in [-0.2, -0.15) is 11.8 Å². The summed E-state index contributed by atoms with van der Waals surface area (Å²) >= 11 is 1.91. The number of hydrazine groups is 1. The standard InChI is InChI=1S/C11H23N5S/c1-4-5-16-11(6-13-15-16)10(14-12)8-17-7-9(2)3/h6,9-10,14H,4-5,7-8,12H2,1-3H3. The molecule has 0 radical (unpaired) electrons. The molecule has 0 amide bonds. The molecule has 1 unspecified atom stereocenters. The molecular weight excluding hydrogens is 234 g/mol. The van der Waals surface area contributed by atoms with Gasteiger partial charge in [0, 0.05) is 12.3 Å². The number of aryl methyl sites for hydroxylation is 1. The van der Waals surface area contributed by atoms with Gasteiger partial charge in [-0.15, -0.1) is 5.10 Å². The zero-order valence-electron chi connectivity index (χ0n) is 10.9. The van der Waals surface area contributed by atoms with E-state index in [4.69, 9.17) is 5.84 Å². The van der Waals surface area contributed by atoms with Crippen molar-refractivity contribution in [1.29, 1.82) is 0 Å². The lowest BCUT2D eigenvalue weighted by molar-refractivity contribution is 0.501. The first-order valence-electron chi connectivity index (χ1n) is 6.11. The molecule has 1 heterocycles. The van der Waals surface area contributed by atoms with Crippen LogP contribution in [0.3, 0.4) is 0 Å². The first kappa shape index (κ1) is 14.5. The van der Waals surface area contributed by atoms with Crippen LogP contribution >= 0.6 is 11.8 Å². The molecule has 0 saturated heterocycles. The number of hydrogen-bond acceptors (Lipinski definition) is 5. The van der Waals surface area contributed by atoms with Gasteiger partial charge in [0.1, 0.15) is 0 Å². The predicted molar refractivity (Wildman–Crippen MR) is 72.5 cm³/mol. The fraction of sp³-hybridized carbons (Fsp3) is 0.818. The van der Waals surface area contributed by atoms with E-state index in [0.717, 1.165) is 30.2 Å². The van der Waals surface area contributed by atoms with Gasteiger partial charge in [-0.25, -0.2) is 4.68 Å². The normalized spacial score (nSPS) is 13.2. The summed E-state index contributed by atoms with van der Waals surface area (Å²) < 4.78 is 1.93. The van der Waals surface area contributed by atoms with Gasteiger partial charge < -0.3 is 0 Å². The monoisotopic (exact) mass is 257 g/mol. The molecule has 1 aromatic rings. The second-order valence-corrected chi connectivity index (χ2v) is 5.61. The van der Waals surface area contributed by atoms with Crippen LogP contribution in [0.25, 0.3) is 0 Å². The SMILES string of the molecule is CCCn1nncc1C(CSCC(C)C)NN. The second-order valence-electron chi connectivity index (χ2n) is 4.53. The molecule has 0 aromatic carbocycles. The van der Waals surface area contributed by atoms with Crippen molar-refractivity contribution in [1.82, 2.24) is 20.4 Å². The third-order valence-corrected chi connectivity index (χ3v) is 3.85. The van der Waals surface area contributed by atoms with Crippen LogP contribution in [-0.4, -0.2) is 26.5 Å². The van der Waals surface area contributed by atoms with Crippen LogP contribution in [0.15, 0.2) is 6.20 Å². The van der Waals surface area contributed by atoms with Crippen molar-refractivity contribution < 1.29 is 0 Å². The average Bonchev–Trinajstić information content (AvgIpc) is 2.73. The number of rotatable bonds is 8. The van der Waals surface area contributed by atoms with Gasteiger partial charge in [0.2, 0.25) is 0 Å². The molecular formula is C11H23N5S. The van der Waals surface area contributed by atoms with Crippen molar-refractivity contribution >= 4 is 11.8 Å². The molecule has 0 spiro atoms. The van der Waals surface area contributed by atoms with Crippen LogP contribution in [0.2, 0.25) is 0 Å². The summed E-state index contributed by atoms with van der Waals surface area (Å²) in [5, 5.41) is 8.04. The highest BCUT2D eigenvalue weighted by molar-refractivity contribution is 7.99. The van der Waals surface area contributed by atoms with E-state index in [1.54, 1.807) is 6.20 Å². The van der Waals surface area contributed by atoms with Crippen molar-refractivity contribution in [3.05, 3.63) is 11.9 Å². The van der Waals surface area contributed by atoms with Crippen molar-refractivity contribution in [2.75, 3.05) is 11.5 Å². The van der Waals surface area contributed by atoms with Crippen LogP contribution in [0.1, 0.15) is 38.9 Å². The Morgan fingerprint density at radius 1 is 1.47 bits per heavy atom. The Kier molecular flexibility index (Phi) is 6.54. The van der Waals surface area contributed by atoms with E-state index < -0.39 is 0 Å². The zero-order chi connectivity index (χ0) is 12.7. The van der Waals surface area contributed by atoms with Gasteiger partial charge >= 0.3 is 0 Å². The summed E-state index contributed by atoms with van der Waals surface area (Å²) in [6.07, 6.45) is 2.85. The van der Waals surface area contributed by atoms with Gasteiger partial charge in [-0.3, -0.25) is 11.3 Å². The van der Waals surface area contributed by atoms with E-state index in [1.165, 1.54) is 0 Å². The zero-order valence-corrected chi connectivity index (χ0v) is 11.7. The highest BCUT2D eigenvalue weighted by Gasteiger charge is 2.15. The summed E-state index contributed by atoms with van der Waals surface area (Å²) in [6.45, 7) is 7.47. The summed E-state index contributed by atoms with van der Waals surface area (Å²) in [5.41, 5.74) is 3.93. The Balaban J connectivity index is 2.56. The molecule has 98 valence electrons. The summed E-state index contributed by atoms with van der Waals surface area (Å²) in [5.74, 6) is 8.42. The number of nitrogens with zero attached hydrogens (tertiary/aromatic N) is 3. The molecule has 3 N–H and O–H groups in total. The Bertz CT molecular complexity index is 313. The van der Waals surface area contributed by atoms with Crippen molar-refractivity contribution in [3.63, 3.8) is 0 Å². The number of nitrogens with one attached hydrogen (secondary N) is 1. The first-order valence-corrected chi connectivity index (χ1v) is 7.26. The molecule has 5 nitrogen and oxygen atoms in total. The number of hydrogen-bond donors (Lipinski definition) is 2. The maximum absolute atomic E-state index is 5.61. The number of thioether (sulfide) groups is 1. The highest BCUT2D eigenvalue weighted by Crippen LogP contribution is 2.18. The van der Waals surface area contributed by atoms with Crippen LogP contribution in [-0.2, 0) is 6.54 Å². The van der Waals surface area contributed by atoms with E-state index in [2.05, 4.69) is 36.5 Å². The molecule has 0 aliphatic heterocycles. The maximum atomic E-state index is 5.61. The molecule has 1 atom stereocenters. The largest absolute Gasteiger partial charge is 0.271 e. The van der Waals surface area contributed by atoms with Gasteiger partial charge in [0.25, 0.3) is 0 Å². The molecule has 1 rings (SSSR count). The lowest BCUT2D eigenvalue weighted by atomic mass is 10.2. The predicted octanol–water partition coefficient (Wildman–Crippen LogP) is 1.58. The molecule has 1 aromatic heterocycles. The van der Waals surface area contributed by atoms with Crippen LogP contribution < -0.4 is 11.3 Å². The molecule has 0 fully saturated rings. The van der Waals surface area contributed by atoms with Gasteiger partial charge in [0.15, 0.2) is 0 Å². The van der Waals surface area contributed by atoms with Crippen molar-refractivity contribution in [2.45, 2.75) is 39.8 Å². The minimum atomic E-state index is 0.125. The van der Waals surface area contributed by atoms with E-state index in [-0.39, 0.29) is 6.04 Å². The minimum absolute atomic E-state index is 0.125. The fourth-order valence-electron chi connectivity index (χ4n) is 1.56. The van der Waals surface area contributed by atoms with Crippen LogP contribution in [0, 0.1) is 5.92 Å². The third kappa shape index (κ3) is 4.65. The lowest BCUT2D eigenvalue weighted by Gasteiger charge is -2.16. The van der Waals surface area contributed by atoms with Gasteiger partial charge in [-0.05, 0) is 18.1 Å². The Morgan fingerprint density at radius 3 is 2.82 bits per heavy atom. The first-order chi connectivity index (χ1) is 8.19. The third-order valence-electron chi connectivity index (χ3n) is 2.38. The van der Waals surface area contributed by atoms with E-state index in [1.807, 2.05) is 16.4 Å². The Hall–Kier alpha value is -0.590. The fourth-order valence-corrected chi connectivity index (χ4v) is 2.67. The molecule has 0 aliphatic rings. The topological polar surface area (TPSA) is 68.8 Å². The van der Waals surface area contributed by atoms with Crippen molar-refractivity contribution in [2.24, 2.45) is 11.8 Å². The van der Waals surface area contributed by atoms with Crippen molar-refractivity contribution in [3.8, 4) is 0 Å². The molecule has 0 bridgehead atoms. The van der Waals surface area contributed by atoms with Crippen LogP contribution in [0.5, 0.6) is 0 Å². The Labute approximate surface area is 107 Å². The molecule has 0 saturated carbocycles. The van der Waals surface area contributed by atoms with Gasteiger partial charge in [-0.1, -0.05) is 26.0 Å². The lowest BCUT2D eigenvalue weighted by Crippen LogP contribution is -2.31. The second kappa shape index (κ2) is 7.68. The van der Waals surface area contributed by atoms with E-state index in [9.17, 15) is 0 Å². The summed E-state index contributed by atoms with van der Waals surface area (Å²) in [4.78, 5) is 0. The molecule has 6 heteroatoms. The van der Waals surface area contributed by atoms with Crippen LogP contribution in [0.4, 0.5) is 0 Å². The Morgan fingerprint density at radius 2 is 2.24 bits per heavy atom. The van der Waals surface area contributed by atoms with E-state index >= 15 is 0 Å². The van der Waals surface area contributed by atoms with Gasteiger partial charge in [0.05, 0.1) is 17.9 Å².